The summed E-state index contributed by atoms with van der Waals surface area (Å²) in [5.41, 5.74) is 9.04. The quantitative estimate of drug-likeness (QED) is 0.160. The van der Waals surface area contributed by atoms with Crippen molar-refractivity contribution in [3.63, 3.8) is 0 Å². The Morgan fingerprint density at radius 3 is 2.78 bits per heavy atom. The molecule has 292 valence electrons. The van der Waals surface area contributed by atoms with Crippen molar-refractivity contribution in [1.82, 2.24) is 30.2 Å². The minimum Gasteiger partial charge on any atom is -0.464 e. The van der Waals surface area contributed by atoms with Crippen LogP contribution in [0.1, 0.15) is 76.6 Å². The van der Waals surface area contributed by atoms with Crippen molar-refractivity contribution >= 4 is 51.9 Å². The molecule has 3 aliphatic rings. The lowest BCUT2D eigenvalue weighted by Gasteiger charge is -2.41. The van der Waals surface area contributed by atoms with Crippen LogP contribution in [0.4, 0.5) is 4.79 Å². The zero-order valence-corrected chi connectivity index (χ0v) is 33.5. The number of esters is 1. The van der Waals surface area contributed by atoms with Crippen LogP contribution in [-0.4, -0.2) is 94.6 Å². The molecule has 0 spiro atoms. The Kier molecular flexibility index (Phi) is 12.2. The van der Waals surface area contributed by atoms with Crippen LogP contribution >= 0.6 is 11.3 Å². The summed E-state index contributed by atoms with van der Waals surface area (Å²) in [5.74, 6) is -0.794. The van der Waals surface area contributed by atoms with Crippen LogP contribution in [0.3, 0.4) is 0 Å². The maximum absolute atomic E-state index is 14.2. The van der Waals surface area contributed by atoms with E-state index in [9.17, 15) is 19.6 Å². The van der Waals surface area contributed by atoms with Gasteiger partial charge in [-0.05, 0) is 64.2 Å². The first-order chi connectivity index (χ1) is 26.4. The van der Waals surface area contributed by atoms with E-state index in [2.05, 4.69) is 66.9 Å². The molecule has 3 aromatic rings. The molecule has 6 bridgehead atoms. The number of nitrogens with zero attached hydrogens (tertiary/aromatic N) is 6. The predicted molar refractivity (Wildman–Crippen MR) is 214 cm³/mol. The van der Waals surface area contributed by atoms with Gasteiger partial charge in [-0.3, -0.25) is 19.6 Å². The van der Waals surface area contributed by atoms with Gasteiger partial charge in [-0.25, -0.2) is 15.2 Å². The lowest BCUT2D eigenvalue weighted by Crippen LogP contribution is -2.63. The van der Waals surface area contributed by atoms with E-state index in [-0.39, 0.29) is 37.5 Å². The van der Waals surface area contributed by atoms with Crippen molar-refractivity contribution in [2.24, 2.45) is 10.4 Å². The number of aliphatic imine (C=N–C) groups is 1. The van der Waals surface area contributed by atoms with Crippen molar-refractivity contribution in [2.45, 2.75) is 104 Å². The predicted octanol–water partition coefficient (Wildman–Crippen LogP) is 6.04. The number of likely N-dealkylation sites (tertiary alicyclic amines) is 1. The number of nitriles is 1. The number of carbonyl (C=O) groups is 3. The first-order valence-electron chi connectivity index (χ1n) is 19.1. The average molecular weight is 769 g/mol. The molecule has 2 N–H and O–H groups in total. The summed E-state index contributed by atoms with van der Waals surface area (Å²) in [6.07, 6.45) is 6.10. The zero-order chi connectivity index (χ0) is 39.4. The fraction of sp³-hybridized carbons (Fsp3) is 0.512. The standard InChI is InChI=1S/C41H52N8O5S/c1-8-28(36(43-9-2)25(4)53-7)37-30-22-41(5,6)24-54-39(51)31-12-11-18-49(46-31)38(50)32(45-40(52)48-19-16-27(48)15-17-42)21-35-44-33(23-55-35)26-13-14-34(29(30)20-26)47(37)10-3/h8-9,13-14,20,23,25,27,31-32,46H,1,10-12,15-16,18-19,21-22,24H2,2-7H3,(H,45,52)/b36-28+,43-9-/t25-,27+,31-,32-/m0/s1. The first-order valence-corrected chi connectivity index (χ1v) is 20.0. The van der Waals surface area contributed by atoms with Gasteiger partial charge < -0.3 is 24.3 Å². The Labute approximate surface area is 327 Å². The number of rotatable bonds is 8. The van der Waals surface area contributed by atoms with Gasteiger partial charge >= 0.3 is 12.0 Å². The van der Waals surface area contributed by atoms with Gasteiger partial charge in [-0.15, -0.1) is 11.3 Å². The minimum absolute atomic E-state index is 0.144. The Bertz CT molecular complexity index is 2060. The molecule has 0 aliphatic carbocycles. The molecule has 3 amide bonds. The number of nitrogens with one attached hydrogen (secondary N) is 2. The normalized spacial score (nSPS) is 22.7. The summed E-state index contributed by atoms with van der Waals surface area (Å²) >= 11 is 1.43. The van der Waals surface area contributed by atoms with E-state index in [0.717, 1.165) is 51.1 Å². The molecule has 13 nitrogen and oxygen atoms in total. The second-order valence-corrected chi connectivity index (χ2v) is 16.1. The number of fused-ring (bicyclic) bond motifs is 6. The molecule has 0 saturated carbocycles. The number of aryl methyl sites for hydroxylation is 1. The number of thiazole rings is 1. The number of amides is 3. The molecule has 3 aliphatic heterocycles. The molecule has 0 unspecified atom stereocenters. The minimum atomic E-state index is -0.955. The third-order valence-electron chi connectivity index (χ3n) is 10.8. The summed E-state index contributed by atoms with van der Waals surface area (Å²) in [7, 11) is 1.67. The number of urea groups is 1. The second-order valence-electron chi connectivity index (χ2n) is 15.2. The molecule has 6 rings (SSSR count). The summed E-state index contributed by atoms with van der Waals surface area (Å²) in [6.45, 7) is 16.1. The Balaban J connectivity index is 1.48. The number of methoxy groups -OCH3 is 1. The van der Waals surface area contributed by atoms with Gasteiger partial charge in [0.15, 0.2) is 0 Å². The van der Waals surface area contributed by atoms with Gasteiger partial charge in [0.1, 0.15) is 12.1 Å². The monoisotopic (exact) mass is 768 g/mol. The molecule has 2 saturated heterocycles. The number of hydrogen-bond acceptors (Lipinski definition) is 10. The molecule has 2 aromatic heterocycles. The van der Waals surface area contributed by atoms with Crippen molar-refractivity contribution in [2.75, 3.05) is 26.8 Å². The third kappa shape index (κ3) is 8.24. The van der Waals surface area contributed by atoms with Gasteiger partial charge in [0.2, 0.25) is 0 Å². The zero-order valence-electron chi connectivity index (χ0n) is 32.7. The highest BCUT2D eigenvalue weighted by Gasteiger charge is 2.38. The van der Waals surface area contributed by atoms with E-state index in [4.69, 9.17) is 19.5 Å². The lowest BCUT2D eigenvalue weighted by atomic mass is 9.84. The van der Waals surface area contributed by atoms with Crippen LogP contribution in [0, 0.1) is 16.7 Å². The molecule has 4 atom stereocenters. The number of aromatic nitrogens is 2. The summed E-state index contributed by atoms with van der Waals surface area (Å²) in [4.78, 5) is 52.7. The lowest BCUT2D eigenvalue weighted by molar-refractivity contribution is -0.155. The second kappa shape index (κ2) is 16.9. The molecule has 5 heterocycles. The third-order valence-corrected chi connectivity index (χ3v) is 11.6. The van der Waals surface area contributed by atoms with Crippen LogP contribution in [0.2, 0.25) is 0 Å². The van der Waals surface area contributed by atoms with Crippen LogP contribution in [0.15, 0.2) is 46.9 Å². The first kappa shape index (κ1) is 39.8. The molecule has 14 heteroatoms. The Morgan fingerprint density at radius 2 is 2.11 bits per heavy atom. The van der Waals surface area contributed by atoms with E-state index in [0.29, 0.717) is 43.9 Å². The molecule has 1 aromatic carbocycles. The summed E-state index contributed by atoms with van der Waals surface area (Å²) < 4.78 is 14.1. The maximum Gasteiger partial charge on any atom is 0.324 e. The molecular formula is C41H52N8O5S. The van der Waals surface area contributed by atoms with Gasteiger partial charge in [-0.1, -0.05) is 32.6 Å². The number of benzene rings is 1. The van der Waals surface area contributed by atoms with Crippen LogP contribution in [0.25, 0.3) is 27.7 Å². The Hall–Kier alpha value is -4.84. The van der Waals surface area contributed by atoms with Crippen molar-refractivity contribution in [3.05, 3.63) is 58.2 Å². The maximum atomic E-state index is 14.2. The molecular weight excluding hydrogens is 717 g/mol. The molecule has 2 fully saturated rings. The number of allylic oxidation sites excluding steroid dienone is 2. The Morgan fingerprint density at radius 1 is 1.31 bits per heavy atom. The molecule has 0 radical (unpaired) electrons. The van der Waals surface area contributed by atoms with Gasteiger partial charge in [0.05, 0.1) is 47.3 Å². The number of cyclic esters (lactones) is 1. The smallest absolute Gasteiger partial charge is 0.324 e. The summed E-state index contributed by atoms with van der Waals surface area (Å²) in [5, 5.41) is 17.3. The van der Waals surface area contributed by atoms with Crippen molar-refractivity contribution < 1.29 is 23.9 Å². The number of carbonyl (C=O) groups excluding carboxylic acids is 3. The van der Waals surface area contributed by atoms with Gasteiger partial charge in [-0.2, -0.15) is 5.26 Å². The highest BCUT2D eigenvalue weighted by atomic mass is 32.1. The van der Waals surface area contributed by atoms with E-state index < -0.39 is 29.5 Å². The fourth-order valence-corrected chi connectivity index (χ4v) is 8.59. The van der Waals surface area contributed by atoms with Crippen LogP contribution in [-0.2, 0) is 38.4 Å². The summed E-state index contributed by atoms with van der Waals surface area (Å²) in [6, 6.07) is 6.23. The number of hydrogen-bond donors (Lipinski definition) is 2. The highest BCUT2D eigenvalue weighted by molar-refractivity contribution is 7.10. The largest absolute Gasteiger partial charge is 0.464 e. The number of hydrazine groups is 1. The van der Waals surface area contributed by atoms with E-state index in [1.165, 1.54) is 16.3 Å². The van der Waals surface area contributed by atoms with E-state index in [1.54, 1.807) is 18.2 Å². The van der Waals surface area contributed by atoms with E-state index >= 15 is 0 Å². The van der Waals surface area contributed by atoms with Crippen LogP contribution in [0.5, 0.6) is 0 Å². The highest BCUT2D eigenvalue weighted by Crippen LogP contribution is 2.40. The SMILES string of the molecule is C=C/C(=C(\N=C/C)[C@H](C)OC)c1c2c3cc(ccc3n1CC)-c1csc(n1)C[C@H](NC(=O)N1CC[C@H]1CC#N)C(=O)N1CCC[C@H](N1)C(=O)OCC(C)(C)C2. The fourth-order valence-electron chi connectivity index (χ4n) is 7.74. The number of ether oxygens (including phenoxy) is 2. The van der Waals surface area contributed by atoms with Crippen molar-refractivity contribution in [3.8, 4) is 17.3 Å². The van der Waals surface area contributed by atoms with Gasteiger partial charge in [0.25, 0.3) is 5.91 Å². The average Bonchev–Trinajstić information content (AvgIpc) is 3.76. The van der Waals surface area contributed by atoms with Crippen molar-refractivity contribution in [1.29, 1.82) is 5.26 Å². The van der Waals surface area contributed by atoms with E-state index in [1.807, 2.05) is 25.3 Å². The van der Waals surface area contributed by atoms with Gasteiger partial charge in [0, 0.05) is 78.3 Å². The van der Waals surface area contributed by atoms with Crippen LogP contribution < -0.4 is 10.7 Å². The molecule has 55 heavy (non-hydrogen) atoms. The topological polar surface area (TPSA) is 154 Å².